The molecule has 1 aliphatic rings. The quantitative estimate of drug-likeness (QED) is 0.663. The highest BCUT2D eigenvalue weighted by Gasteiger charge is 2.55. The second kappa shape index (κ2) is 6.69. The average molecular weight is 346 g/mol. The third kappa shape index (κ3) is 3.13. The number of hydrogen-bond donors (Lipinski definition) is 0. The zero-order valence-electron chi connectivity index (χ0n) is 14.3. The van der Waals surface area contributed by atoms with Crippen molar-refractivity contribution in [1.82, 2.24) is 14.8 Å². The number of benzene rings is 1. The molecule has 1 unspecified atom stereocenters. The molecule has 1 fully saturated rings. The molecule has 1 aliphatic carbocycles. The van der Waals surface area contributed by atoms with E-state index in [-0.39, 0.29) is 5.41 Å². The molecule has 1 aromatic carbocycles. The Morgan fingerprint density at radius 3 is 2.58 bits per heavy atom. The molecule has 1 saturated carbocycles. The Hall–Kier alpha value is -1.65. The van der Waals surface area contributed by atoms with Crippen molar-refractivity contribution in [3.63, 3.8) is 0 Å². The van der Waals surface area contributed by atoms with Crippen molar-refractivity contribution in [2.75, 3.05) is 6.61 Å². The van der Waals surface area contributed by atoms with Crippen LogP contribution in [-0.4, -0.2) is 21.4 Å². The van der Waals surface area contributed by atoms with Crippen molar-refractivity contribution < 1.29 is 4.74 Å². The summed E-state index contributed by atoms with van der Waals surface area (Å²) in [4.78, 5) is 4.09. The number of aromatic nitrogens is 3. The van der Waals surface area contributed by atoms with E-state index >= 15 is 0 Å². The second-order valence-electron chi connectivity index (χ2n) is 7.02. The van der Waals surface area contributed by atoms with Gasteiger partial charge in [0.25, 0.3) is 0 Å². The van der Waals surface area contributed by atoms with E-state index in [0.717, 1.165) is 10.6 Å². The molecule has 5 heteroatoms. The van der Waals surface area contributed by atoms with E-state index in [0.29, 0.717) is 19.1 Å². The Balaban J connectivity index is 2.10. The summed E-state index contributed by atoms with van der Waals surface area (Å²) in [7, 11) is 0. The summed E-state index contributed by atoms with van der Waals surface area (Å²) in [6.45, 7) is 9.49. The first-order chi connectivity index (χ1) is 11.5. The highest BCUT2D eigenvalue weighted by Crippen LogP contribution is 2.57. The minimum absolute atomic E-state index is 0.0597. The second-order valence-corrected chi connectivity index (χ2v) is 7.46. The number of nitrogens with zero attached hydrogens (tertiary/aromatic N) is 3. The van der Waals surface area contributed by atoms with Crippen LogP contribution in [0, 0.1) is 11.3 Å². The fraction of sp³-hybridized carbons (Fsp3) is 0.474. The molecule has 0 spiro atoms. The maximum absolute atomic E-state index is 6.49. The third-order valence-corrected chi connectivity index (χ3v) is 5.50. The fourth-order valence-electron chi connectivity index (χ4n) is 3.58. The zero-order valence-corrected chi connectivity index (χ0v) is 15.0. The predicted molar refractivity (Wildman–Crippen MR) is 95.8 cm³/mol. The first kappa shape index (κ1) is 17.2. The number of ether oxygens (including phenoxy) is 1. The van der Waals surface area contributed by atoms with E-state index in [1.54, 1.807) is 18.7 Å². The molecule has 0 N–H and O–H groups in total. The summed E-state index contributed by atoms with van der Waals surface area (Å²) in [6, 6.07) is 7.97. The fourth-order valence-corrected chi connectivity index (χ4v) is 3.71. The molecule has 2 aromatic rings. The standard InChI is InChI=1S/C19H24ClN3O/c1-4-11-24-19(12-23-14-21-13-22-23,18(2,3)15-5-6-15)16-7-9-17(20)10-8-16/h4,7-10,13-15H,1,5-6,11-12H2,2-3H3. The van der Waals surface area contributed by atoms with E-state index in [9.17, 15) is 0 Å². The van der Waals surface area contributed by atoms with Gasteiger partial charge in [-0.15, -0.1) is 6.58 Å². The van der Waals surface area contributed by atoms with E-state index in [1.165, 1.54) is 12.8 Å². The van der Waals surface area contributed by atoms with Crippen LogP contribution in [0.4, 0.5) is 0 Å². The van der Waals surface area contributed by atoms with Gasteiger partial charge in [-0.1, -0.05) is 43.7 Å². The smallest absolute Gasteiger partial charge is 0.137 e. The lowest BCUT2D eigenvalue weighted by molar-refractivity contribution is -0.143. The van der Waals surface area contributed by atoms with Crippen LogP contribution in [0.3, 0.4) is 0 Å². The van der Waals surface area contributed by atoms with E-state index < -0.39 is 5.60 Å². The normalized spacial score (nSPS) is 17.5. The molecule has 0 saturated heterocycles. The van der Waals surface area contributed by atoms with Crippen molar-refractivity contribution in [1.29, 1.82) is 0 Å². The van der Waals surface area contributed by atoms with Crippen molar-refractivity contribution in [3.8, 4) is 0 Å². The number of rotatable bonds is 8. The Morgan fingerprint density at radius 1 is 1.33 bits per heavy atom. The lowest BCUT2D eigenvalue weighted by atomic mass is 9.67. The maximum atomic E-state index is 6.49. The van der Waals surface area contributed by atoms with Crippen LogP contribution in [0.15, 0.2) is 49.6 Å². The maximum Gasteiger partial charge on any atom is 0.137 e. The van der Waals surface area contributed by atoms with Gasteiger partial charge in [-0.3, -0.25) is 0 Å². The van der Waals surface area contributed by atoms with Crippen LogP contribution in [0.1, 0.15) is 32.3 Å². The molecule has 1 heterocycles. The number of halogens is 1. The summed E-state index contributed by atoms with van der Waals surface area (Å²) < 4.78 is 8.34. The average Bonchev–Trinajstić information content (AvgIpc) is 3.31. The van der Waals surface area contributed by atoms with Crippen molar-refractivity contribution >= 4 is 11.6 Å². The highest BCUT2D eigenvalue weighted by molar-refractivity contribution is 6.30. The molecule has 1 atom stereocenters. The Kier molecular flexibility index (Phi) is 4.79. The topological polar surface area (TPSA) is 39.9 Å². The van der Waals surface area contributed by atoms with Crippen LogP contribution in [0.5, 0.6) is 0 Å². The third-order valence-electron chi connectivity index (χ3n) is 5.25. The van der Waals surface area contributed by atoms with Crippen LogP contribution in [-0.2, 0) is 16.9 Å². The lowest BCUT2D eigenvalue weighted by Crippen LogP contribution is -2.49. The van der Waals surface area contributed by atoms with Gasteiger partial charge in [-0.25, -0.2) is 9.67 Å². The summed E-state index contributed by atoms with van der Waals surface area (Å²) in [5.41, 5.74) is 0.525. The molecule has 4 nitrogen and oxygen atoms in total. The Bertz CT molecular complexity index is 677. The van der Waals surface area contributed by atoms with Crippen LogP contribution in [0.2, 0.25) is 5.02 Å². The minimum Gasteiger partial charge on any atom is -0.364 e. The molecule has 1 aromatic heterocycles. The molecule has 24 heavy (non-hydrogen) atoms. The van der Waals surface area contributed by atoms with E-state index in [4.69, 9.17) is 16.3 Å². The largest absolute Gasteiger partial charge is 0.364 e. The monoisotopic (exact) mass is 345 g/mol. The predicted octanol–water partition coefficient (Wildman–Crippen LogP) is 4.47. The molecule has 0 bridgehead atoms. The highest BCUT2D eigenvalue weighted by atomic mass is 35.5. The molecule has 0 radical (unpaired) electrons. The molecule has 128 valence electrons. The van der Waals surface area contributed by atoms with Gasteiger partial charge in [0.15, 0.2) is 0 Å². The van der Waals surface area contributed by atoms with Gasteiger partial charge in [0.05, 0.1) is 13.2 Å². The van der Waals surface area contributed by atoms with Crippen LogP contribution < -0.4 is 0 Å². The summed E-state index contributed by atoms with van der Waals surface area (Å²) in [6.07, 6.45) is 7.57. The Labute approximate surface area is 148 Å². The summed E-state index contributed by atoms with van der Waals surface area (Å²) >= 11 is 6.11. The SMILES string of the molecule is C=CCOC(Cn1cncn1)(c1ccc(Cl)cc1)C(C)(C)C1CC1. The van der Waals surface area contributed by atoms with Crippen molar-refractivity contribution in [3.05, 3.63) is 60.2 Å². The van der Waals surface area contributed by atoms with E-state index in [1.807, 2.05) is 16.8 Å². The van der Waals surface area contributed by atoms with E-state index in [2.05, 4.69) is 42.6 Å². The molecular weight excluding hydrogens is 322 g/mol. The first-order valence-corrected chi connectivity index (χ1v) is 8.71. The molecular formula is C19H24ClN3O. The van der Waals surface area contributed by atoms with Gasteiger partial charge >= 0.3 is 0 Å². The van der Waals surface area contributed by atoms with Crippen molar-refractivity contribution in [2.24, 2.45) is 11.3 Å². The lowest BCUT2D eigenvalue weighted by Gasteiger charge is -2.47. The van der Waals surface area contributed by atoms with Crippen LogP contribution in [0.25, 0.3) is 0 Å². The van der Waals surface area contributed by atoms with Gasteiger partial charge in [0, 0.05) is 10.4 Å². The molecule has 3 rings (SSSR count). The van der Waals surface area contributed by atoms with Crippen molar-refractivity contribution in [2.45, 2.75) is 38.8 Å². The van der Waals surface area contributed by atoms with Gasteiger partial charge in [-0.2, -0.15) is 5.10 Å². The van der Waals surface area contributed by atoms with Gasteiger partial charge < -0.3 is 4.74 Å². The van der Waals surface area contributed by atoms with Crippen LogP contribution >= 0.6 is 11.6 Å². The summed E-state index contributed by atoms with van der Waals surface area (Å²) in [5.74, 6) is 0.626. The van der Waals surface area contributed by atoms with Gasteiger partial charge in [0.2, 0.25) is 0 Å². The summed E-state index contributed by atoms with van der Waals surface area (Å²) in [5, 5.41) is 5.04. The Morgan fingerprint density at radius 2 is 2.04 bits per heavy atom. The zero-order chi connectivity index (χ0) is 17.2. The molecule has 0 amide bonds. The number of hydrogen-bond acceptors (Lipinski definition) is 3. The first-order valence-electron chi connectivity index (χ1n) is 8.33. The minimum atomic E-state index is -0.527. The molecule has 0 aliphatic heterocycles. The van der Waals surface area contributed by atoms with Gasteiger partial charge in [-0.05, 0) is 36.5 Å². The van der Waals surface area contributed by atoms with Gasteiger partial charge in [0.1, 0.15) is 18.3 Å².